The number of hydrogen-bond acceptors (Lipinski definition) is 4. The number of carbonyl (C=O) groups excluding carboxylic acids is 1. The molecule has 0 radical (unpaired) electrons. The normalized spacial score (nSPS) is 12.9. The summed E-state index contributed by atoms with van der Waals surface area (Å²) in [7, 11) is 0. The number of aryl methyl sites for hydroxylation is 1. The standard InChI is InChI=1S/C10H17N3OS/c1-6(2)9(11)10(14)12-4-8-7(3)13-5-15-8/h5-6,9H,4,11H2,1-3H3,(H,12,14). The molecule has 1 aromatic rings. The first-order valence-electron chi connectivity index (χ1n) is 4.94. The molecule has 0 bridgehead atoms. The zero-order valence-electron chi connectivity index (χ0n) is 9.28. The van der Waals surface area contributed by atoms with Crippen LogP contribution in [0, 0.1) is 12.8 Å². The van der Waals surface area contributed by atoms with Gasteiger partial charge in [-0.1, -0.05) is 13.8 Å². The maximum Gasteiger partial charge on any atom is 0.237 e. The fourth-order valence-electron chi connectivity index (χ4n) is 1.08. The van der Waals surface area contributed by atoms with Gasteiger partial charge in [0.25, 0.3) is 0 Å². The van der Waals surface area contributed by atoms with Gasteiger partial charge in [0.15, 0.2) is 0 Å². The first-order chi connectivity index (χ1) is 7.02. The first kappa shape index (κ1) is 12.1. The lowest BCUT2D eigenvalue weighted by Gasteiger charge is -2.14. The smallest absolute Gasteiger partial charge is 0.237 e. The fourth-order valence-corrected chi connectivity index (χ4v) is 1.80. The maximum absolute atomic E-state index is 11.5. The van der Waals surface area contributed by atoms with E-state index < -0.39 is 6.04 Å². The van der Waals surface area contributed by atoms with E-state index in [2.05, 4.69) is 10.3 Å². The van der Waals surface area contributed by atoms with Crippen LogP contribution in [0.4, 0.5) is 0 Å². The summed E-state index contributed by atoms with van der Waals surface area (Å²) in [6.07, 6.45) is 0. The minimum Gasteiger partial charge on any atom is -0.350 e. The average molecular weight is 227 g/mol. The lowest BCUT2D eigenvalue weighted by atomic mass is 10.1. The molecule has 1 heterocycles. The second kappa shape index (κ2) is 5.23. The molecule has 84 valence electrons. The molecule has 0 saturated heterocycles. The molecule has 3 N–H and O–H groups in total. The number of nitrogens with two attached hydrogens (primary N) is 1. The summed E-state index contributed by atoms with van der Waals surface area (Å²) >= 11 is 1.54. The molecule has 5 heteroatoms. The molecule has 1 atom stereocenters. The molecule has 0 spiro atoms. The van der Waals surface area contributed by atoms with Crippen LogP contribution in [0.15, 0.2) is 5.51 Å². The van der Waals surface area contributed by atoms with Crippen LogP contribution in [0.1, 0.15) is 24.4 Å². The lowest BCUT2D eigenvalue weighted by Crippen LogP contribution is -2.43. The van der Waals surface area contributed by atoms with Crippen LogP contribution in [-0.2, 0) is 11.3 Å². The summed E-state index contributed by atoms with van der Waals surface area (Å²) in [6, 6.07) is -0.432. The van der Waals surface area contributed by atoms with Crippen LogP contribution in [0.2, 0.25) is 0 Å². The molecule has 0 aromatic carbocycles. The molecular formula is C10H17N3OS. The summed E-state index contributed by atoms with van der Waals surface area (Å²) < 4.78 is 0. The van der Waals surface area contributed by atoms with E-state index in [4.69, 9.17) is 5.73 Å². The second-order valence-corrected chi connectivity index (χ2v) is 4.79. The van der Waals surface area contributed by atoms with Crippen molar-refractivity contribution in [2.24, 2.45) is 11.7 Å². The lowest BCUT2D eigenvalue weighted by molar-refractivity contribution is -0.123. The van der Waals surface area contributed by atoms with Crippen molar-refractivity contribution < 1.29 is 4.79 Å². The Morgan fingerprint density at radius 2 is 2.33 bits per heavy atom. The van der Waals surface area contributed by atoms with Crippen molar-refractivity contribution >= 4 is 17.2 Å². The van der Waals surface area contributed by atoms with Crippen molar-refractivity contribution in [1.29, 1.82) is 0 Å². The highest BCUT2D eigenvalue weighted by atomic mass is 32.1. The molecule has 1 amide bonds. The van der Waals surface area contributed by atoms with Gasteiger partial charge in [-0.2, -0.15) is 0 Å². The molecule has 0 aliphatic heterocycles. The highest BCUT2D eigenvalue weighted by Gasteiger charge is 2.16. The van der Waals surface area contributed by atoms with E-state index >= 15 is 0 Å². The predicted octanol–water partition coefficient (Wildman–Crippen LogP) is 1.05. The summed E-state index contributed by atoms with van der Waals surface area (Å²) in [6.45, 7) is 6.32. The van der Waals surface area contributed by atoms with E-state index in [1.54, 1.807) is 16.8 Å². The Labute approximate surface area is 93.9 Å². The van der Waals surface area contributed by atoms with Crippen molar-refractivity contribution in [3.05, 3.63) is 16.1 Å². The third-order valence-electron chi connectivity index (χ3n) is 2.29. The fraction of sp³-hybridized carbons (Fsp3) is 0.600. The Bertz CT molecular complexity index is 335. The van der Waals surface area contributed by atoms with Gasteiger partial charge in [0.05, 0.1) is 23.8 Å². The van der Waals surface area contributed by atoms with Crippen molar-refractivity contribution in [3.8, 4) is 0 Å². The highest BCUT2D eigenvalue weighted by Crippen LogP contribution is 2.11. The zero-order valence-corrected chi connectivity index (χ0v) is 10.1. The molecule has 1 unspecified atom stereocenters. The van der Waals surface area contributed by atoms with E-state index in [0.29, 0.717) is 6.54 Å². The van der Waals surface area contributed by atoms with Crippen molar-refractivity contribution in [2.45, 2.75) is 33.4 Å². The van der Waals surface area contributed by atoms with Gasteiger partial charge in [0.1, 0.15) is 0 Å². The molecule has 0 aliphatic carbocycles. The molecule has 0 aliphatic rings. The largest absolute Gasteiger partial charge is 0.350 e. The van der Waals surface area contributed by atoms with Crippen LogP contribution >= 0.6 is 11.3 Å². The minimum absolute atomic E-state index is 0.0993. The average Bonchev–Trinajstić information content (AvgIpc) is 2.59. The number of nitrogens with zero attached hydrogens (tertiary/aromatic N) is 1. The summed E-state index contributed by atoms with van der Waals surface area (Å²) in [5.41, 5.74) is 8.46. The van der Waals surface area contributed by atoms with E-state index in [9.17, 15) is 4.79 Å². The van der Waals surface area contributed by atoms with Crippen LogP contribution in [-0.4, -0.2) is 16.9 Å². The molecule has 0 fully saturated rings. The Kier molecular flexibility index (Phi) is 4.23. The molecule has 4 nitrogen and oxygen atoms in total. The first-order valence-corrected chi connectivity index (χ1v) is 5.82. The van der Waals surface area contributed by atoms with Crippen molar-refractivity contribution in [1.82, 2.24) is 10.3 Å². The van der Waals surface area contributed by atoms with Gasteiger partial charge in [-0.05, 0) is 12.8 Å². The monoisotopic (exact) mass is 227 g/mol. The van der Waals surface area contributed by atoms with Gasteiger partial charge in [0.2, 0.25) is 5.91 Å². The highest BCUT2D eigenvalue weighted by molar-refractivity contribution is 7.09. The van der Waals surface area contributed by atoms with Gasteiger partial charge in [-0.15, -0.1) is 11.3 Å². The Hall–Kier alpha value is -0.940. The number of carbonyl (C=O) groups is 1. The number of aromatic nitrogens is 1. The summed E-state index contributed by atoms with van der Waals surface area (Å²) in [5, 5.41) is 2.81. The Morgan fingerprint density at radius 3 is 2.80 bits per heavy atom. The molecular weight excluding hydrogens is 210 g/mol. The van der Waals surface area contributed by atoms with Crippen LogP contribution in [0.3, 0.4) is 0 Å². The summed E-state index contributed by atoms with van der Waals surface area (Å²) in [5.74, 6) is 0.0605. The van der Waals surface area contributed by atoms with E-state index in [1.807, 2.05) is 20.8 Å². The number of rotatable bonds is 4. The number of thiazole rings is 1. The quantitative estimate of drug-likeness (QED) is 0.808. The molecule has 0 saturated carbocycles. The third kappa shape index (κ3) is 3.28. The summed E-state index contributed by atoms with van der Waals surface area (Å²) in [4.78, 5) is 16.7. The van der Waals surface area contributed by atoms with Gasteiger partial charge in [0, 0.05) is 4.88 Å². The minimum atomic E-state index is -0.432. The number of nitrogens with one attached hydrogen (secondary N) is 1. The second-order valence-electron chi connectivity index (χ2n) is 3.85. The van der Waals surface area contributed by atoms with Gasteiger partial charge >= 0.3 is 0 Å². The van der Waals surface area contributed by atoms with Crippen LogP contribution in [0.5, 0.6) is 0 Å². The third-order valence-corrected chi connectivity index (χ3v) is 3.22. The van der Waals surface area contributed by atoms with Gasteiger partial charge in [-0.25, -0.2) is 4.98 Å². The zero-order chi connectivity index (χ0) is 11.4. The SMILES string of the molecule is Cc1ncsc1CNC(=O)C(N)C(C)C. The topological polar surface area (TPSA) is 68.0 Å². The van der Waals surface area contributed by atoms with Crippen LogP contribution in [0.25, 0.3) is 0 Å². The number of hydrogen-bond donors (Lipinski definition) is 2. The molecule has 1 rings (SSSR count). The Morgan fingerprint density at radius 1 is 1.67 bits per heavy atom. The van der Waals surface area contributed by atoms with Gasteiger partial charge in [-0.3, -0.25) is 4.79 Å². The molecule has 15 heavy (non-hydrogen) atoms. The number of amides is 1. The van der Waals surface area contributed by atoms with Crippen LogP contribution < -0.4 is 11.1 Å². The van der Waals surface area contributed by atoms with E-state index in [0.717, 1.165) is 10.6 Å². The van der Waals surface area contributed by atoms with Crippen molar-refractivity contribution in [2.75, 3.05) is 0 Å². The van der Waals surface area contributed by atoms with Crippen molar-refractivity contribution in [3.63, 3.8) is 0 Å². The predicted molar refractivity (Wildman–Crippen MR) is 61.5 cm³/mol. The van der Waals surface area contributed by atoms with E-state index in [-0.39, 0.29) is 11.8 Å². The van der Waals surface area contributed by atoms with Gasteiger partial charge < -0.3 is 11.1 Å². The van der Waals surface area contributed by atoms with E-state index in [1.165, 1.54) is 0 Å². The maximum atomic E-state index is 11.5. The molecule has 1 aromatic heterocycles. The Balaban J connectivity index is 2.44.